The number of nitrogens with one attached hydrogen (secondary N) is 1. The Labute approximate surface area is 167 Å². The summed E-state index contributed by atoms with van der Waals surface area (Å²) in [5.41, 5.74) is 3.02. The van der Waals surface area contributed by atoms with Crippen LogP contribution in [0.4, 0.5) is 11.6 Å². The van der Waals surface area contributed by atoms with Gasteiger partial charge in [0.15, 0.2) is 15.5 Å². The lowest BCUT2D eigenvalue weighted by Crippen LogP contribution is -2.09. The molecule has 0 spiro atoms. The molecule has 0 saturated carbocycles. The zero-order valence-corrected chi connectivity index (χ0v) is 16.7. The number of fused-ring (bicyclic) bond motifs is 1. The number of benzene rings is 1. The number of pyridine rings is 1. The predicted molar refractivity (Wildman–Crippen MR) is 109 cm³/mol. The lowest BCUT2D eigenvalue weighted by atomic mass is 10.1. The Hall–Kier alpha value is -3.24. The molecule has 1 unspecified atom stereocenters. The molecule has 0 radical (unpaired) electrons. The second-order valence-electron chi connectivity index (χ2n) is 6.79. The summed E-state index contributed by atoms with van der Waals surface area (Å²) in [5.74, 6) is 0.404. The molecule has 0 fully saturated rings. The number of hydrogen-bond donors (Lipinski definition) is 2. The molecule has 4 aromatic rings. The van der Waals surface area contributed by atoms with Crippen molar-refractivity contribution in [1.29, 1.82) is 0 Å². The molecule has 3 aromatic heterocycles. The molecule has 0 aliphatic carbocycles. The van der Waals surface area contributed by atoms with Crippen LogP contribution in [0.1, 0.15) is 13.0 Å². The molecule has 10 heteroatoms. The van der Waals surface area contributed by atoms with Gasteiger partial charge in [0.25, 0.3) is 0 Å². The lowest BCUT2D eigenvalue weighted by Gasteiger charge is -2.06. The molecule has 0 bridgehead atoms. The predicted octanol–water partition coefficient (Wildman–Crippen LogP) is 2.29. The van der Waals surface area contributed by atoms with Gasteiger partial charge in [0.1, 0.15) is 0 Å². The number of rotatable bonds is 6. The summed E-state index contributed by atoms with van der Waals surface area (Å²) < 4.78 is 26.7. The van der Waals surface area contributed by atoms with Gasteiger partial charge in [-0.3, -0.25) is 4.68 Å². The molecule has 0 aliphatic heterocycles. The first-order chi connectivity index (χ1) is 13.8. The Kier molecular flexibility index (Phi) is 4.81. The normalized spacial score (nSPS) is 12.9. The molecular formula is C19H20N6O3S. The van der Waals surface area contributed by atoms with Crippen LogP contribution in [0, 0.1) is 0 Å². The molecular weight excluding hydrogens is 392 g/mol. The van der Waals surface area contributed by atoms with Crippen LogP contribution in [0.2, 0.25) is 0 Å². The van der Waals surface area contributed by atoms with E-state index in [4.69, 9.17) is 0 Å². The molecule has 3 heterocycles. The Morgan fingerprint density at radius 3 is 2.66 bits per heavy atom. The summed E-state index contributed by atoms with van der Waals surface area (Å²) in [6, 6.07) is 10.3. The van der Waals surface area contributed by atoms with Crippen LogP contribution >= 0.6 is 0 Å². The van der Waals surface area contributed by atoms with Gasteiger partial charge in [-0.2, -0.15) is 10.1 Å². The summed E-state index contributed by atoms with van der Waals surface area (Å²) in [4.78, 5) is 4.84. The molecule has 1 atom stereocenters. The van der Waals surface area contributed by atoms with Gasteiger partial charge >= 0.3 is 0 Å². The summed E-state index contributed by atoms with van der Waals surface area (Å²) in [6.07, 6.45) is 6.39. The highest BCUT2D eigenvalue weighted by molar-refractivity contribution is 7.90. The first kappa shape index (κ1) is 19.1. The van der Waals surface area contributed by atoms with Crippen molar-refractivity contribution in [2.24, 2.45) is 0 Å². The van der Waals surface area contributed by atoms with Crippen LogP contribution in [0.25, 0.3) is 16.8 Å². The van der Waals surface area contributed by atoms with Crippen molar-refractivity contribution in [3.05, 3.63) is 55.0 Å². The van der Waals surface area contributed by atoms with E-state index in [0.29, 0.717) is 17.3 Å². The maximum atomic E-state index is 11.7. The van der Waals surface area contributed by atoms with Crippen molar-refractivity contribution in [3.8, 4) is 11.1 Å². The second-order valence-corrected chi connectivity index (χ2v) is 8.80. The number of sulfone groups is 1. The van der Waals surface area contributed by atoms with Gasteiger partial charge in [0, 0.05) is 24.2 Å². The van der Waals surface area contributed by atoms with Crippen LogP contribution in [0.5, 0.6) is 0 Å². The first-order valence-corrected chi connectivity index (χ1v) is 10.8. The van der Waals surface area contributed by atoms with Crippen LogP contribution < -0.4 is 5.32 Å². The Balaban J connectivity index is 1.66. The van der Waals surface area contributed by atoms with E-state index in [1.807, 2.05) is 19.1 Å². The number of hydrogen-bond acceptors (Lipinski definition) is 7. The molecule has 9 nitrogen and oxygen atoms in total. The van der Waals surface area contributed by atoms with Gasteiger partial charge in [-0.1, -0.05) is 12.1 Å². The third kappa shape index (κ3) is 3.84. The number of nitrogens with zero attached hydrogens (tertiary/aromatic N) is 5. The van der Waals surface area contributed by atoms with Gasteiger partial charge in [-0.15, -0.1) is 5.10 Å². The van der Waals surface area contributed by atoms with Gasteiger partial charge in [-0.05, 0) is 36.8 Å². The van der Waals surface area contributed by atoms with E-state index in [2.05, 4.69) is 20.5 Å². The fourth-order valence-electron chi connectivity index (χ4n) is 2.92. The monoisotopic (exact) mass is 412 g/mol. The third-order valence-electron chi connectivity index (χ3n) is 4.53. The molecule has 0 aliphatic rings. The molecule has 0 amide bonds. The number of aliphatic hydroxyl groups excluding tert-OH is 1. The highest BCUT2D eigenvalue weighted by Gasteiger charge is 2.13. The van der Waals surface area contributed by atoms with Crippen LogP contribution in [0.15, 0.2) is 59.9 Å². The maximum absolute atomic E-state index is 11.7. The molecule has 0 saturated heterocycles. The van der Waals surface area contributed by atoms with E-state index in [1.165, 1.54) is 6.26 Å². The Bertz CT molecular complexity index is 1260. The van der Waals surface area contributed by atoms with Gasteiger partial charge in [-0.25, -0.2) is 12.9 Å². The van der Waals surface area contributed by atoms with Crippen molar-refractivity contribution in [1.82, 2.24) is 24.4 Å². The van der Waals surface area contributed by atoms with Gasteiger partial charge < -0.3 is 10.4 Å². The fraction of sp³-hybridized carbons (Fsp3) is 0.211. The molecule has 29 heavy (non-hydrogen) atoms. The lowest BCUT2D eigenvalue weighted by molar-refractivity contribution is 0.230. The quantitative estimate of drug-likeness (QED) is 0.499. The fourth-order valence-corrected chi connectivity index (χ4v) is 3.55. The van der Waals surface area contributed by atoms with Crippen LogP contribution in [0.3, 0.4) is 0 Å². The zero-order chi connectivity index (χ0) is 20.6. The number of aliphatic hydroxyl groups is 1. The minimum Gasteiger partial charge on any atom is -0.394 e. The second kappa shape index (κ2) is 7.30. The van der Waals surface area contributed by atoms with Crippen LogP contribution in [-0.2, 0) is 9.84 Å². The Morgan fingerprint density at radius 2 is 1.97 bits per heavy atom. The van der Waals surface area contributed by atoms with E-state index >= 15 is 0 Å². The summed E-state index contributed by atoms with van der Waals surface area (Å²) >= 11 is 0. The summed E-state index contributed by atoms with van der Waals surface area (Å²) in [7, 11) is -3.25. The smallest absolute Gasteiger partial charge is 0.247 e. The number of aromatic nitrogens is 5. The third-order valence-corrected chi connectivity index (χ3v) is 5.66. The maximum Gasteiger partial charge on any atom is 0.247 e. The summed E-state index contributed by atoms with van der Waals surface area (Å²) in [6.45, 7) is 1.86. The Morgan fingerprint density at radius 1 is 1.21 bits per heavy atom. The first-order valence-electron chi connectivity index (χ1n) is 8.93. The van der Waals surface area contributed by atoms with E-state index in [0.717, 1.165) is 11.1 Å². The van der Waals surface area contributed by atoms with E-state index < -0.39 is 9.84 Å². The topological polar surface area (TPSA) is 114 Å². The van der Waals surface area contributed by atoms with E-state index in [-0.39, 0.29) is 17.5 Å². The zero-order valence-electron chi connectivity index (χ0n) is 15.9. The SMILES string of the molecule is CC(CO)n1cc(Nc2nc3c(-c4ccc(S(C)(=O)=O)cc4)cccn3n2)cn1. The van der Waals surface area contributed by atoms with Gasteiger partial charge in [0.05, 0.1) is 29.4 Å². The van der Waals surface area contributed by atoms with Crippen molar-refractivity contribution in [3.63, 3.8) is 0 Å². The highest BCUT2D eigenvalue weighted by atomic mass is 32.2. The average Bonchev–Trinajstić information content (AvgIpc) is 3.33. The molecule has 2 N–H and O–H groups in total. The van der Waals surface area contributed by atoms with Crippen molar-refractivity contribution >= 4 is 27.1 Å². The van der Waals surface area contributed by atoms with E-state index in [1.54, 1.807) is 52.1 Å². The van der Waals surface area contributed by atoms with Crippen molar-refractivity contribution < 1.29 is 13.5 Å². The molecule has 4 rings (SSSR count). The van der Waals surface area contributed by atoms with Crippen molar-refractivity contribution in [2.45, 2.75) is 17.9 Å². The molecule has 1 aromatic carbocycles. The number of anilines is 2. The summed E-state index contributed by atoms with van der Waals surface area (Å²) in [5, 5.41) is 21.0. The van der Waals surface area contributed by atoms with Crippen LogP contribution in [-0.4, -0.2) is 50.8 Å². The van der Waals surface area contributed by atoms with E-state index in [9.17, 15) is 13.5 Å². The van der Waals surface area contributed by atoms with Crippen molar-refractivity contribution in [2.75, 3.05) is 18.2 Å². The average molecular weight is 412 g/mol. The highest BCUT2D eigenvalue weighted by Crippen LogP contribution is 2.26. The minimum atomic E-state index is -3.25. The molecule has 150 valence electrons. The van der Waals surface area contributed by atoms with Gasteiger partial charge in [0.2, 0.25) is 5.95 Å². The largest absolute Gasteiger partial charge is 0.394 e. The minimum absolute atomic E-state index is 0.00475. The standard InChI is InChI=1S/C19H20N6O3S/c1-13(12-26)25-11-15(10-20-25)21-19-22-18-17(4-3-9-24(18)23-19)14-5-7-16(8-6-14)29(2,27)28/h3-11,13,26H,12H2,1-2H3,(H,21,23).